The summed E-state index contributed by atoms with van der Waals surface area (Å²) in [6.07, 6.45) is 4.07. The molecule has 3 nitrogen and oxygen atoms in total. The van der Waals surface area contributed by atoms with Gasteiger partial charge in [-0.15, -0.1) is 0 Å². The molecule has 0 heterocycles. The molecule has 0 bridgehead atoms. The highest BCUT2D eigenvalue weighted by molar-refractivity contribution is 5.47. The number of aliphatic hydroxyl groups excluding tert-OH is 1. The molecule has 1 aromatic rings. The molecule has 0 aliphatic heterocycles. The van der Waals surface area contributed by atoms with Crippen LogP contribution in [0.4, 0.5) is 5.69 Å². The quantitative estimate of drug-likeness (QED) is 0.697. The molecule has 1 atom stereocenters. The number of rotatable bonds is 8. The molecule has 0 aromatic heterocycles. The molecule has 0 unspecified atom stereocenters. The molecular weight excluding hydrogens is 224 g/mol. The Balaban J connectivity index is 2.46. The molecular formula is C15H26N2O. The Kier molecular flexibility index (Phi) is 6.76. The summed E-state index contributed by atoms with van der Waals surface area (Å²) >= 11 is 0. The van der Waals surface area contributed by atoms with Crippen molar-refractivity contribution in [2.24, 2.45) is 5.73 Å². The summed E-state index contributed by atoms with van der Waals surface area (Å²) in [4.78, 5) is 2.25. The zero-order valence-electron chi connectivity index (χ0n) is 11.6. The average molecular weight is 250 g/mol. The predicted octanol–water partition coefficient (Wildman–Crippen LogP) is 2.70. The van der Waals surface area contributed by atoms with Gasteiger partial charge in [0.05, 0.1) is 0 Å². The lowest BCUT2D eigenvalue weighted by molar-refractivity contribution is 0.283. The maximum Gasteiger partial charge on any atom is 0.0431 e. The van der Waals surface area contributed by atoms with Crippen LogP contribution in [-0.2, 0) is 0 Å². The van der Waals surface area contributed by atoms with Crippen molar-refractivity contribution >= 4 is 5.69 Å². The normalized spacial score (nSPS) is 12.4. The van der Waals surface area contributed by atoms with Crippen LogP contribution in [0.15, 0.2) is 24.3 Å². The smallest absolute Gasteiger partial charge is 0.0431 e. The molecule has 0 spiro atoms. The van der Waals surface area contributed by atoms with E-state index in [1.54, 1.807) is 0 Å². The second-order valence-electron chi connectivity index (χ2n) is 4.81. The lowest BCUT2D eigenvalue weighted by Gasteiger charge is -2.20. The van der Waals surface area contributed by atoms with Gasteiger partial charge in [0.2, 0.25) is 0 Å². The van der Waals surface area contributed by atoms with E-state index in [0.717, 1.165) is 32.2 Å². The zero-order chi connectivity index (χ0) is 13.4. The van der Waals surface area contributed by atoms with Gasteiger partial charge in [-0.3, -0.25) is 0 Å². The van der Waals surface area contributed by atoms with E-state index in [0.29, 0.717) is 6.61 Å². The van der Waals surface area contributed by atoms with Crippen LogP contribution in [0.1, 0.15) is 44.2 Å². The topological polar surface area (TPSA) is 49.5 Å². The molecule has 0 aliphatic rings. The number of anilines is 1. The van der Waals surface area contributed by atoms with Crippen molar-refractivity contribution in [3.63, 3.8) is 0 Å². The first kappa shape index (κ1) is 15.0. The largest absolute Gasteiger partial charge is 0.396 e. The summed E-state index contributed by atoms with van der Waals surface area (Å²) in [5.74, 6) is 0. The van der Waals surface area contributed by atoms with Crippen LogP contribution in [0.2, 0.25) is 0 Å². The highest BCUT2D eigenvalue weighted by atomic mass is 16.2. The molecule has 0 saturated heterocycles. The SMILES string of the molecule is CC[C@@H](N)c1ccc(N(C)CCCCCO)cc1. The van der Waals surface area contributed by atoms with E-state index in [1.165, 1.54) is 11.3 Å². The Labute approximate surface area is 111 Å². The molecule has 0 amide bonds. The Morgan fingerprint density at radius 2 is 1.83 bits per heavy atom. The van der Waals surface area contributed by atoms with Gasteiger partial charge in [-0.1, -0.05) is 19.1 Å². The summed E-state index contributed by atoms with van der Waals surface area (Å²) in [5, 5.41) is 8.73. The van der Waals surface area contributed by atoms with Crippen LogP contribution in [0.5, 0.6) is 0 Å². The van der Waals surface area contributed by atoms with Crippen molar-refractivity contribution in [1.82, 2.24) is 0 Å². The monoisotopic (exact) mass is 250 g/mol. The van der Waals surface area contributed by atoms with Crippen LogP contribution in [0.3, 0.4) is 0 Å². The van der Waals surface area contributed by atoms with E-state index in [2.05, 4.69) is 43.1 Å². The summed E-state index contributed by atoms with van der Waals surface area (Å²) in [5.41, 5.74) is 8.43. The number of hydrogen-bond donors (Lipinski definition) is 2. The minimum Gasteiger partial charge on any atom is -0.396 e. The number of hydrogen-bond acceptors (Lipinski definition) is 3. The highest BCUT2D eigenvalue weighted by Gasteiger charge is 2.04. The number of benzene rings is 1. The Hall–Kier alpha value is -1.06. The minimum atomic E-state index is 0.147. The van der Waals surface area contributed by atoms with E-state index in [9.17, 15) is 0 Å². The van der Waals surface area contributed by atoms with Crippen LogP contribution in [-0.4, -0.2) is 25.3 Å². The number of aliphatic hydroxyl groups is 1. The maximum atomic E-state index is 8.73. The van der Waals surface area contributed by atoms with Crippen molar-refractivity contribution in [3.05, 3.63) is 29.8 Å². The molecule has 0 saturated carbocycles. The third-order valence-corrected chi connectivity index (χ3v) is 3.35. The van der Waals surface area contributed by atoms with E-state index in [1.807, 2.05) is 0 Å². The van der Waals surface area contributed by atoms with Crippen LogP contribution in [0, 0.1) is 0 Å². The fraction of sp³-hybridized carbons (Fsp3) is 0.600. The first-order valence-corrected chi connectivity index (χ1v) is 6.86. The van der Waals surface area contributed by atoms with Crippen molar-refractivity contribution in [2.75, 3.05) is 25.1 Å². The van der Waals surface area contributed by atoms with E-state index < -0.39 is 0 Å². The van der Waals surface area contributed by atoms with Gasteiger partial charge in [0, 0.05) is 31.9 Å². The standard InChI is InChI=1S/C15H26N2O/c1-3-15(16)13-7-9-14(10-8-13)17(2)11-5-4-6-12-18/h7-10,15,18H,3-6,11-12,16H2,1-2H3/t15-/m1/s1. The van der Waals surface area contributed by atoms with Gasteiger partial charge < -0.3 is 15.7 Å². The molecule has 102 valence electrons. The molecule has 18 heavy (non-hydrogen) atoms. The third kappa shape index (κ3) is 4.67. The molecule has 3 heteroatoms. The fourth-order valence-electron chi connectivity index (χ4n) is 1.98. The van der Waals surface area contributed by atoms with Crippen LogP contribution in [0.25, 0.3) is 0 Å². The van der Waals surface area contributed by atoms with Gasteiger partial charge in [0.1, 0.15) is 0 Å². The summed E-state index contributed by atoms with van der Waals surface area (Å²) in [7, 11) is 2.10. The number of nitrogens with two attached hydrogens (primary N) is 1. The second kappa shape index (κ2) is 8.11. The van der Waals surface area contributed by atoms with E-state index in [4.69, 9.17) is 10.8 Å². The number of nitrogens with zero attached hydrogens (tertiary/aromatic N) is 1. The van der Waals surface area contributed by atoms with Gasteiger partial charge >= 0.3 is 0 Å². The second-order valence-corrected chi connectivity index (χ2v) is 4.81. The lowest BCUT2D eigenvalue weighted by atomic mass is 10.1. The maximum absolute atomic E-state index is 8.73. The van der Waals surface area contributed by atoms with E-state index in [-0.39, 0.29) is 6.04 Å². The summed E-state index contributed by atoms with van der Waals surface area (Å²) < 4.78 is 0. The summed E-state index contributed by atoms with van der Waals surface area (Å²) in [6, 6.07) is 8.66. The fourth-order valence-corrected chi connectivity index (χ4v) is 1.98. The van der Waals surface area contributed by atoms with E-state index >= 15 is 0 Å². The van der Waals surface area contributed by atoms with Crippen LogP contribution >= 0.6 is 0 Å². The van der Waals surface area contributed by atoms with Crippen LogP contribution < -0.4 is 10.6 Å². The zero-order valence-corrected chi connectivity index (χ0v) is 11.6. The predicted molar refractivity (Wildman–Crippen MR) is 77.9 cm³/mol. The van der Waals surface area contributed by atoms with Crippen molar-refractivity contribution in [1.29, 1.82) is 0 Å². The molecule has 1 rings (SSSR count). The van der Waals surface area contributed by atoms with Crippen molar-refractivity contribution in [3.8, 4) is 0 Å². The van der Waals surface area contributed by atoms with Crippen molar-refractivity contribution in [2.45, 2.75) is 38.6 Å². The first-order valence-electron chi connectivity index (χ1n) is 6.86. The van der Waals surface area contributed by atoms with Gasteiger partial charge in [-0.2, -0.15) is 0 Å². The van der Waals surface area contributed by atoms with Gasteiger partial charge in [-0.25, -0.2) is 0 Å². The minimum absolute atomic E-state index is 0.147. The lowest BCUT2D eigenvalue weighted by Crippen LogP contribution is -2.18. The van der Waals surface area contributed by atoms with Crippen molar-refractivity contribution < 1.29 is 5.11 Å². The summed E-state index contributed by atoms with van der Waals surface area (Å²) in [6.45, 7) is 3.43. The van der Waals surface area contributed by atoms with Gasteiger partial charge in [0.15, 0.2) is 0 Å². The first-order chi connectivity index (χ1) is 8.69. The van der Waals surface area contributed by atoms with Gasteiger partial charge in [-0.05, 0) is 43.4 Å². The Bertz CT molecular complexity index is 324. The van der Waals surface area contributed by atoms with Gasteiger partial charge in [0.25, 0.3) is 0 Å². The number of unbranched alkanes of at least 4 members (excludes halogenated alkanes) is 2. The molecule has 1 aromatic carbocycles. The average Bonchev–Trinajstić information content (AvgIpc) is 2.42. The molecule has 0 fully saturated rings. The highest BCUT2D eigenvalue weighted by Crippen LogP contribution is 2.19. The third-order valence-electron chi connectivity index (χ3n) is 3.35. The molecule has 0 aliphatic carbocycles. The molecule has 3 N–H and O–H groups in total. The molecule has 0 radical (unpaired) electrons. The Morgan fingerprint density at radius 1 is 1.17 bits per heavy atom. The Morgan fingerprint density at radius 3 is 2.39 bits per heavy atom.